The third kappa shape index (κ3) is 9.33. The molecule has 2 saturated heterocycles. The second-order valence-corrected chi connectivity index (χ2v) is 22.0. The number of nitro benzene ring substituents is 1. The van der Waals surface area contributed by atoms with Crippen LogP contribution in [0, 0.1) is 15.5 Å². The number of nitrogens with one attached hydrogen (secondary N) is 3. The van der Waals surface area contributed by atoms with E-state index >= 15 is 0 Å². The number of aromatic amines is 1. The number of benzene rings is 3. The molecule has 3 N–H and O–H groups in total. The van der Waals surface area contributed by atoms with Gasteiger partial charge in [-0.3, -0.25) is 29.6 Å². The van der Waals surface area contributed by atoms with Crippen LogP contribution < -0.4 is 14.9 Å². The van der Waals surface area contributed by atoms with Gasteiger partial charge < -0.3 is 10.2 Å². The first kappa shape index (κ1) is 44.3. The SMILES string of the molecule is CC1(C)CCC(CN2CCN(c3ccc(C(=O)NS(=O)(=O)c4ccc(N[C@@H]5CCN(S(C)(=O)=O)C5)c([N+](=O)[O-])c4)c(-n4[nH]cc5nc6nccc6cc54)c3)CC2)=C(c2ccc(Cl)cc2)C1. The number of rotatable bonds is 12. The van der Waals surface area contributed by atoms with E-state index in [2.05, 4.69) is 60.9 Å². The number of sulfonamides is 2. The summed E-state index contributed by atoms with van der Waals surface area (Å²) in [5.74, 6) is -0.951. The Bertz CT molecular complexity index is 3110. The van der Waals surface area contributed by atoms with E-state index < -0.39 is 47.5 Å². The van der Waals surface area contributed by atoms with E-state index in [1.165, 1.54) is 33.1 Å². The van der Waals surface area contributed by atoms with E-state index in [1.54, 1.807) is 29.2 Å². The molecule has 2 fully saturated rings. The molecule has 0 radical (unpaired) electrons. The van der Waals surface area contributed by atoms with Gasteiger partial charge in [0.2, 0.25) is 10.0 Å². The molecule has 17 nitrogen and oxygen atoms in total. The predicted molar refractivity (Wildman–Crippen MR) is 252 cm³/mol. The zero-order chi connectivity index (χ0) is 45.8. The molecule has 3 aromatic heterocycles. The van der Waals surface area contributed by atoms with Crippen LogP contribution in [-0.2, 0) is 20.0 Å². The lowest BCUT2D eigenvalue weighted by Gasteiger charge is -2.39. The monoisotopic (exact) mass is 940 g/mol. The fourth-order valence-corrected chi connectivity index (χ4v) is 11.2. The Labute approximate surface area is 381 Å². The van der Waals surface area contributed by atoms with Crippen molar-refractivity contribution < 1.29 is 26.6 Å². The molecule has 3 aromatic carbocycles. The van der Waals surface area contributed by atoms with Crippen LogP contribution in [0.3, 0.4) is 0 Å². The van der Waals surface area contributed by atoms with Gasteiger partial charge in [0.25, 0.3) is 21.6 Å². The zero-order valence-corrected chi connectivity index (χ0v) is 38.5. The highest BCUT2D eigenvalue weighted by molar-refractivity contribution is 7.90. The van der Waals surface area contributed by atoms with Gasteiger partial charge in [-0.05, 0) is 96.8 Å². The largest absolute Gasteiger partial charge is 0.375 e. The lowest BCUT2D eigenvalue weighted by Crippen LogP contribution is -2.47. The van der Waals surface area contributed by atoms with Crippen LogP contribution in [0.4, 0.5) is 17.1 Å². The lowest BCUT2D eigenvalue weighted by atomic mass is 9.72. The number of allylic oxidation sites excluding steroid dienone is 1. The molecule has 6 aromatic rings. The molecular formula is C45H49ClN10O7S2. The maximum atomic E-state index is 14.2. The van der Waals surface area contributed by atoms with Crippen molar-refractivity contribution in [2.24, 2.45) is 5.41 Å². The van der Waals surface area contributed by atoms with Crippen LogP contribution >= 0.6 is 11.6 Å². The summed E-state index contributed by atoms with van der Waals surface area (Å²) < 4.78 is 56.9. The molecule has 2 aliphatic heterocycles. The number of nitrogens with zero attached hydrogens (tertiary/aromatic N) is 7. The number of amides is 1. The van der Waals surface area contributed by atoms with E-state index in [4.69, 9.17) is 11.6 Å². The summed E-state index contributed by atoms with van der Waals surface area (Å²) in [7, 11) is -8.10. The van der Waals surface area contributed by atoms with Crippen molar-refractivity contribution in [3.63, 3.8) is 0 Å². The van der Waals surface area contributed by atoms with Gasteiger partial charge in [-0.15, -0.1) is 0 Å². The van der Waals surface area contributed by atoms with E-state index in [9.17, 15) is 31.7 Å². The van der Waals surface area contributed by atoms with Crippen molar-refractivity contribution in [3.05, 3.63) is 117 Å². The number of carbonyl (C=O) groups is 1. The predicted octanol–water partition coefficient (Wildman–Crippen LogP) is 6.81. The fourth-order valence-electron chi connectivity index (χ4n) is 9.16. The molecule has 0 saturated carbocycles. The molecule has 0 unspecified atom stereocenters. The average Bonchev–Trinajstić information content (AvgIpc) is 4.04. The van der Waals surface area contributed by atoms with Crippen LogP contribution in [0.1, 0.15) is 55.5 Å². The Morgan fingerprint density at radius 2 is 1.75 bits per heavy atom. The maximum absolute atomic E-state index is 14.2. The average molecular weight is 942 g/mol. The summed E-state index contributed by atoms with van der Waals surface area (Å²) in [5, 5.41) is 19.9. The number of anilines is 2. The van der Waals surface area contributed by atoms with Crippen molar-refractivity contribution in [2.45, 2.75) is 50.5 Å². The smallest absolute Gasteiger partial charge is 0.293 e. The quantitative estimate of drug-likeness (QED) is 0.0854. The number of nitro groups is 1. The summed E-state index contributed by atoms with van der Waals surface area (Å²) in [6.45, 7) is 8.92. The number of aromatic nitrogens is 4. The molecular weight excluding hydrogens is 892 g/mol. The van der Waals surface area contributed by atoms with Gasteiger partial charge in [0.1, 0.15) is 11.2 Å². The Balaban J connectivity index is 0.978. The summed E-state index contributed by atoms with van der Waals surface area (Å²) in [4.78, 5) is 38.9. The normalized spacial score (nSPS) is 18.7. The molecule has 9 rings (SSSR count). The minimum Gasteiger partial charge on any atom is -0.375 e. The van der Waals surface area contributed by atoms with Gasteiger partial charge in [-0.2, -0.15) is 0 Å². The van der Waals surface area contributed by atoms with Crippen molar-refractivity contribution in [1.29, 1.82) is 0 Å². The third-order valence-corrected chi connectivity index (χ3v) is 15.6. The standard InChI is InChI=1S/C45H49ClN10O7S2/c1-45(2)15-12-31(37(25-45)29-4-6-32(46)7-5-29)27-52-18-20-53(21-19-52)34-8-10-36(40(23-34)55-41-22-30-13-16-47-43(30)50-39(41)26-48-55)44(57)51-65(62,63)35-9-11-38(42(24-35)56(58)59)49-33-14-17-54(28-33)64(3,60)61/h4-11,13,16,22-24,26,33,48-49H,12,14-15,17-21,25,27-28H2,1-3H3,(H,51,57)/t33-/m1/s1. The van der Waals surface area contributed by atoms with Crippen molar-refractivity contribution in [3.8, 4) is 5.69 Å². The van der Waals surface area contributed by atoms with Gasteiger partial charge in [0.05, 0.1) is 32.8 Å². The highest BCUT2D eigenvalue weighted by Crippen LogP contribution is 2.43. The molecule has 5 heterocycles. The number of halogens is 1. The van der Waals surface area contributed by atoms with Crippen LogP contribution in [0.15, 0.2) is 95.7 Å². The molecule has 3 aliphatic rings. The van der Waals surface area contributed by atoms with E-state index in [-0.39, 0.29) is 29.8 Å². The zero-order valence-electron chi connectivity index (χ0n) is 36.1. The Kier molecular flexibility index (Phi) is 11.7. The van der Waals surface area contributed by atoms with Crippen LogP contribution in [0.5, 0.6) is 0 Å². The van der Waals surface area contributed by atoms with Crippen molar-refractivity contribution in [1.82, 2.24) is 33.7 Å². The summed E-state index contributed by atoms with van der Waals surface area (Å²) >= 11 is 6.25. The van der Waals surface area contributed by atoms with Crippen LogP contribution in [0.25, 0.3) is 33.3 Å². The number of hydrogen-bond acceptors (Lipinski definition) is 12. The Morgan fingerprint density at radius 3 is 2.48 bits per heavy atom. The maximum Gasteiger partial charge on any atom is 0.293 e. The van der Waals surface area contributed by atoms with Crippen molar-refractivity contribution in [2.75, 3.05) is 62.3 Å². The van der Waals surface area contributed by atoms with Gasteiger partial charge in [0, 0.05) is 86.4 Å². The van der Waals surface area contributed by atoms with Gasteiger partial charge >= 0.3 is 0 Å². The third-order valence-electron chi connectivity index (χ3n) is 12.7. The molecule has 0 bridgehead atoms. The van der Waals surface area contributed by atoms with E-state index in [0.717, 1.165) is 67.3 Å². The number of carbonyl (C=O) groups excluding carboxylic acids is 1. The van der Waals surface area contributed by atoms with E-state index in [0.29, 0.717) is 41.9 Å². The second kappa shape index (κ2) is 17.2. The topological polar surface area (TPSA) is 209 Å². The lowest BCUT2D eigenvalue weighted by molar-refractivity contribution is -0.384. The first-order valence-corrected chi connectivity index (χ1v) is 25.1. The molecule has 65 heavy (non-hydrogen) atoms. The number of hydrogen-bond donors (Lipinski definition) is 3. The molecule has 1 aliphatic carbocycles. The molecule has 340 valence electrons. The van der Waals surface area contributed by atoms with Crippen LogP contribution in [-0.4, -0.2) is 115 Å². The molecule has 1 amide bonds. The second-order valence-electron chi connectivity index (χ2n) is 17.9. The first-order chi connectivity index (χ1) is 30.9. The minimum absolute atomic E-state index is 0.0231. The van der Waals surface area contributed by atoms with Crippen LogP contribution in [0.2, 0.25) is 5.02 Å². The summed E-state index contributed by atoms with van der Waals surface area (Å²) in [5.41, 5.74) is 6.75. The Morgan fingerprint density at radius 1 is 0.985 bits per heavy atom. The summed E-state index contributed by atoms with van der Waals surface area (Å²) in [6, 6.07) is 20.0. The van der Waals surface area contributed by atoms with Crippen molar-refractivity contribution >= 4 is 82.3 Å². The highest BCUT2D eigenvalue weighted by atomic mass is 35.5. The number of fused-ring (bicyclic) bond motifs is 2. The number of piperazine rings is 1. The van der Waals surface area contributed by atoms with Gasteiger partial charge in [-0.25, -0.2) is 35.8 Å². The van der Waals surface area contributed by atoms with Gasteiger partial charge in [0.15, 0.2) is 5.65 Å². The number of H-pyrrole nitrogens is 1. The fraction of sp³-hybridized carbons (Fsp3) is 0.356. The minimum atomic E-state index is -4.65. The summed E-state index contributed by atoms with van der Waals surface area (Å²) in [6.07, 6.45) is 8.00. The van der Waals surface area contributed by atoms with E-state index in [1.807, 2.05) is 30.3 Å². The number of pyridine rings is 1. The Hall–Kier alpha value is -5.86. The molecule has 20 heteroatoms. The first-order valence-electron chi connectivity index (χ1n) is 21.4. The molecule has 1 atom stereocenters. The molecule has 0 spiro atoms. The van der Waals surface area contributed by atoms with Gasteiger partial charge in [-0.1, -0.05) is 43.2 Å². The highest BCUT2D eigenvalue weighted by Gasteiger charge is 2.33.